The summed E-state index contributed by atoms with van der Waals surface area (Å²) in [6.45, 7) is 16.5. The number of aliphatic carboxylic acids is 2. The third kappa shape index (κ3) is 4.93. The monoisotopic (exact) mass is 588 g/mol. The molecule has 4 aliphatic rings. The number of Topliss-reactive ketones (excluding diaryl/α,β-unsaturated/α-hetero) is 1. The second kappa shape index (κ2) is 11.0. The summed E-state index contributed by atoms with van der Waals surface area (Å²) in [6, 6.07) is 0. The number of esters is 1. The summed E-state index contributed by atoms with van der Waals surface area (Å²) >= 11 is 0. The average molecular weight is 589 g/mol. The summed E-state index contributed by atoms with van der Waals surface area (Å²) in [7, 11) is 0. The van der Waals surface area contributed by atoms with Crippen LogP contribution >= 0.6 is 0 Å². The standard InChI is InChI=1S/C34H52O8/c1-18(15-24(35)19(2)20(3)30(40)41)21-11-14-33(7)22-9-10-25-31(4,5)27(42-29(39)17-28(37)38)12-13-32(25,6)23(22)16-26(36)34(21,33)8/h18-21,25-27,36H,9-17H2,1-8H3,(H,37,38)(H,40,41)/t18-,19-,20?,21-,25?,26-,27-,32-,33+,34+/m1/s1. The molecule has 2 fully saturated rings. The number of carboxylic acids is 2. The van der Waals surface area contributed by atoms with Crippen LogP contribution in [0.4, 0.5) is 0 Å². The van der Waals surface area contributed by atoms with Gasteiger partial charge in [-0.25, -0.2) is 0 Å². The minimum Gasteiger partial charge on any atom is -0.481 e. The van der Waals surface area contributed by atoms with Gasteiger partial charge in [0.25, 0.3) is 0 Å². The SMILES string of the molecule is CC(C(=O)O)[C@@H](C)C(=O)C[C@@H](C)[C@H]1CC[C@@]2(C)C3=C(C[C@@H](O)[C@]12C)[C@@]1(C)CC[C@@H](OC(=O)CC(=O)O)C(C)(C)C1CC3. The Hall–Kier alpha value is -2.22. The topological polar surface area (TPSA) is 138 Å². The number of allylic oxidation sites excluding steroid dienone is 1. The fraction of sp³-hybridized carbons (Fsp3) is 0.824. The zero-order valence-electron chi connectivity index (χ0n) is 26.8. The number of hydrogen-bond acceptors (Lipinski definition) is 6. The normalized spacial score (nSPS) is 39.3. The zero-order valence-corrected chi connectivity index (χ0v) is 26.8. The molecule has 0 saturated heterocycles. The van der Waals surface area contributed by atoms with Crippen molar-refractivity contribution >= 4 is 23.7 Å². The second-order valence-electron chi connectivity index (χ2n) is 15.4. The van der Waals surface area contributed by atoms with Gasteiger partial charge in [-0.15, -0.1) is 0 Å². The molecule has 10 atom stereocenters. The van der Waals surface area contributed by atoms with Gasteiger partial charge in [0.15, 0.2) is 0 Å². The van der Waals surface area contributed by atoms with E-state index in [1.807, 2.05) is 0 Å². The molecular weight excluding hydrogens is 536 g/mol. The minimum absolute atomic E-state index is 0.0177. The summed E-state index contributed by atoms with van der Waals surface area (Å²) < 4.78 is 5.75. The van der Waals surface area contributed by atoms with Crippen molar-refractivity contribution in [1.82, 2.24) is 0 Å². The van der Waals surface area contributed by atoms with Crippen molar-refractivity contribution in [2.24, 2.45) is 51.2 Å². The molecule has 42 heavy (non-hydrogen) atoms. The van der Waals surface area contributed by atoms with Crippen molar-refractivity contribution in [2.75, 3.05) is 0 Å². The summed E-state index contributed by atoms with van der Waals surface area (Å²) in [6.07, 6.45) is 4.58. The van der Waals surface area contributed by atoms with E-state index < -0.39 is 47.7 Å². The minimum atomic E-state index is -1.18. The molecule has 2 saturated carbocycles. The Morgan fingerprint density at radius 3 is 2.14 bits per heavy atom. The molecule has 4 aliphatic carbocycles. The van der Waals surface area contributed by atoms with Gasteiger partial charge in [-0.3, -0.25) is 19.2 Å². The Labute approximate surface area is 250 Å². The molecule has 0 spiro atoms. The van der Waals surface area contributed by atoms with E-state index in [9.17, 15) is 29.4 Å². The van der Waals surface area contributed by atoms with Gasteiger partial charge in [-0.1, -0.05) is 66.5 Å². The maximum Gasteiger partial charge on any atom is 0.317 e. The summed E-state index contributed by atoms with van der Waals surface area (Å²) in [5.41, 5.74) is 1.74. The maximum absolute atomic E-state index is 13.1. The Morgan fingerprint density at radius 2 is 1.55 bits per heavy atom. The molecule has 8 heteroatoms. The number of ether oxygens (including phenoxy) is 1. The average Bonchev–Trinajstić information content (AvgIpc) is 3.17. The lowest BCUT2D eigenvalue weighted by Gasteiger charge is -2.63. The van der Waals surface area contributed by atoms with Crippen molar-refractivity contribution in [2.45, 2.75) is 125 Å². The van der Waals surface area contributed by atoms with E-state index in [1.165, 1.54) is 11.1 Å². The van der Waals surface area contributed by atoms with Gasteiger partial charge in [0.1, 0.15) is 18.3 Å². The van der Waals surface area contributed by atoms with Crippen LogP contribution in [-0.4, -0.2) is 51.2 Å². The smallest absolute Gasteiger partial charge is 0.317 e. The van der Waals surface area contributed by atoms with Crippen LogP contribution < -0.4 is 0 Å². The summed E-state index contributed by atoms with van der Waals surface area (Å²) in [5, 5.41) is 30.5. The predicted octanol–water partition coefficient (Wildman–Crippen LogP) is 6.05. The van der Waals surface area contributed by atoms with Gasteiger partial charge in [0, 0.05) is 23.2 Å². The van der Waals surface area contributed by atoms with Crippen molar-refractivity contribution < 1.29 is 39.2 Å². The number of fused-ring (bicyclic) bond motifs is 4. The molecule has 8 nitrogen and oxygen atoms in total. The van der Waals surface area contributed by atoms with Gasteiger partial charge >= 0.3 is 17.9 Å². The molecule has 2 unspecified atom stereocenters. The third-order valence-electron chi connectivity index (χ3n) is 13.3. The first-order valence-corrected chi connectivity index (χ1v) is 15.9. The Kier molecular flexibility index (Phi) is 8.60. The summed E-state index contributed by atoms with van der Waals surface area (Å²) in [4.78, 5) is 47.9. The van der Waals surface area contributed by atoms with E-state index >= 15 is 0 Å². The van der Waals surface area contributed by atoms with E-state index in [0.717, 1.165) is 32.1 Å². The molecule has 0 bridgehead atoms. The lowest BCUT2D eigenvalue weighted by molar-refractivity contribution is -0.173. The number of carbonyl (C=O) groups is 4. The molecular formula is C34H52O8. The molecule has 4 rings (SSSR count). The van der Waals surface area contributed by atoms with Crippen LogP contribution in [0.3, 0.4) is 0 Å². The van der Waals surface area contributed by atoms with Gasteiger partial charge in [-0.05, 0) is 73.5 Å². The van der Waals surface area contributed by atoms with Crippen molar-refractivity contribution in [1.29, 1.82) is 0 Å². The van der Waals surface area contributed by atoms with E-state index in [4.69, 9.17) is 9.84 Å². The molecule has 0 amide bonds. The highest BCUT2D eigenvalue weighted by Crippen LogP contribution is 2.72. The maximum atomic E-state index is 13.1. The zero-order chi connectivity index (χ0) is 31.6. The van der Waals surface area contributed by atoms with E-state index in [2.05, 4.69) is 41.5 Å². The Bertz CT molecular complexity index is 1170. The Morgan fingerprint density at radius 1 is 0.905 bits per heavy atom. The first-order chi connectivity index (χ1) is 19.3. The number of aliphatic hydroxyl groups excluding tert-OH is 1. The van der Waals surface area contributed by atoms with Crippen LogP contribution in [0.1, 0.15) is 113 Å². The van der Waals surface area contributed by atoms with Gasteiger partial charge in [0.2, 0.25) is 0 Å². The third-order valence-corrected chi connectivity index (χ3v) is 13.3. The fourth-order valence-electron chi connectivity index (χ4n) is 10.3. The van der Waals surface area contributed by atoms with Crippen LogP contribution in [-0.2, 0) is 23.9 Å². The van der Waals surface area contributed by atoms with Crippen LogP contribution in [0.2, 0.25) is 0 Å². The molecule has 0 aliphatic heterocycles. The van der Waals surface area contributed by atoms with Crippen LogP contribution in [0, 0.1) is 51.2 Å². The number of carboxylic acid groups (broad SMARTS) is 2. The van der Waals surface area contributed by atoms with E-state index in [-0.39, 0.29) is 45.9 Å². The molecule has 0 aromatic carbocycles. The number of hydrogen-bond donors (Lipinski definition) is 3. The molecule has 0 heterocycles. The number of aliphatic hydroxyl groups is 1. The largest absolute Gasteiger partial charge is 0.481 e. The molecule has 0 aromatic heterocycles. The van der Waals surface area contributed by atoms with Crippen molar-refractivity contribution in [3.8, 4) is 0 Å². The van der Waals surface area contributed by atoms with Crippen LogP contribution in [0.15, 0.2) is 11.1 Å². The molecule has 236 valence electrons. The number of carbonyl (C=O) groups excluding carboxylic acids is 2. The molecule has 0 aromatic rings. The van der Waals surface area contributed by atoms with Gasteiger partial charge in [-0.2, -0.15) is 0 Å². The van der Waals surface area contributed by atoms with Gasteiger partial charge < -0.3 is 20.1 Å². The number of ketones is 1. The molecule has 3 N–H and O–H groups in total. The van der Waals surface area contributed by atoms with Crippen molar-refractivity contribution in [3.05, 3.63) is 11.1 Å². The fourth-order valence-corrected chi connectivity index (χ4v) is 10.3. The van der Waals surface area contributed by atoms with Gasteiger partial charge in [0.05, 0.1) is 12.0 Å². The Balaban J connectivity index is 1.61. The van der Waals surface area contributed by atoms with Crippen molar-refractivity contribution in [3.63, 3.8) is 0 Å². The summed E-state index contributed by atoms with van der Waals surface area (Å²) in [5.74, 6) is -3.70. The first-order valence-electron chi connectivity index (χ1n) is 15.9. The first kappa shape index (κ1) is 32.7. The van der Waals surface area contributed by atoms with E-state index in [1.54, 1.807) is 13.8 Å². The predicted molar refractivity (Wildman–Crippen MR) is 157 cm³/mol. The number of rotatable bonds is 9. The van der Waals surface area contributed by atoms with Crippen LogP contribution in [0.5, 0.6) is 0 Å². The lowest BCUT2D eigenvalue weighted by atomic mass is 9.42. The lowest BCUT2D eigenvalue weighted by Crippen LogP contribution is -2.58. The van der Waals surface area contributed by atoms with E-state index in [0.29, 0.717) is 19.3 Å². The van der Waals surface area contributed by atoms with Crippen LogP contribution in [0.25, 0.3) is 0 Å². The highest BCUT2D eigenvalue weighted by atomic mass is 16.5. The highest BCUT2D eigenvalue weighted by molar-refractivity contribution is 5.90. The second-order valence-corrected chi connectivity index (χ2v) is 15.4. The molecule has 0 radical (unpaired) electrons. The quantitative estimate of drug-likeness (QED) is 0.168. The highest BCUT2D eigenvalue weighted by Gasteiger charge is 2.66.